The Hall–Kier alpha value is -3.28. The summed E-state index contributed by atoms with van der Waals surface area (Å²) in [5, 5.41) is 6.35. The van der Waals surface area contributed by atoms with Gasteiger partial charge in [0.05, 0.1) is 22.9 Å². The van der Waals surface area contributed by atoms with Crippen LogP contribution in [-0.4, -0.2) is 23.3 Å². The van der Waals surface area contributed by atoms with Gasteiger partial charge in [-0.3, -0.25) is 4.79 Å². The molecule has 1 heterocycles. The smallest absolute Gasteiger partial charge is 0.271 e. The topological polar surface area (TPSA) is 55.6 Å². The van der Waals surface area contributed by atoms with E-state index in [0.717, 1.165) is 39.9 Å². The molecule has 7 heteroatoms. The van der Waals surface area contributed by atoms with E-state index in [-0.39, 0.29) is 5.91 Å². The van der Waals surface area contributed by atoms with Crippen LogP contribution in [0.25, 0.3) is 10.9 Å². The third kappa shape index (κ3) is 5.27. The first-order chi connectivity index (χ1) is 16.5. The van der Waals surface area contributed by atoms with Gasteiger partial charge < -0.3 is 9.30 Å². The van der Waals surface area contributed by atoms with E-state index in [4.69, 9.17) is 27.9 Å². The molecule has 0 aliphatic heterocycles. The number of hydrazone groups is 1. The van der Waals surface area contributed by atoms with Gasteiger partial charge in [-0.1, -0.05) is 54.4 Å². The Morgan fingerprint density at radius 3 is 2.56 bits per heavy atom. The van der Waals surface area contributed by atoms with Crippen LogP contribution in [0.4, 0.5) is 0 Å². The lowest BCUT2D eigenvalue weighted by Gasteiger charge is -2.09. The maximum absolute atomic E-state index is 12.5. The highest BCUT2D eigenvalue weighted by Crippen LogP contribution is 2.28. The standard InChI is InChI=1S/C27H25Cl2N3O2/c1-3-14-34-21-11-9-20(10-12-21)27(33)31-30-16-23-18(2)32(26-7-5-4-6-22(23)26)17-19-8-13-24(28)25(29)15-19/h4-13,15-16H,3,14,17H2,1-2H3,(H,31,33)/b30-16+. The summed E-state index contributed by atoms with van der Waals surface area (Å²) >= 11 is 12.3. The number of aromatic nitrogens is 1. The maximum Gasteiger partial charge on any atom is 0.271 e. The van der Waals surface area contributed by atoms with Crippen molar-refractivity contribution >= 4 is 46.2 Å². The zero-order chi connectivity index (χ0) is 24.1. The molecule has 1 aromatic heterocycles. The largest absolute Gasteiger partial charge is 0.494 e. The van der Waals surface area contributed by atoms with Crippen molar-refractivity contribution in [1.82, 2.24) is 9.99 Å². The number of carbonyl (C=O) groups excluding carboxylic acids is 1. The fourth-order valence-electron chi connectivity index (χ4n) is 3.79. The van der Waals surface area contributed by atoms with Crippen LogP contribution in [0, 0.1) is 6.92 Å². The molecule has 0 unspecified atom stereocenters. The summed E-state index contributed by atoms with van der Waals surface area (Å²) in [5.74, 6) is 0.461. The Labute approximate surface area is 208 Å². The summed E-state index contributed by atoms with van der Waals surface area (Å²) in [5.41, 5.74) is 7.22. The van der Waals surface area contributed by atoms with Crippen molar-refractivity contribution in [3.05, 3.63) is 99.2 Å². The highest BCUT2D eigenvalue weighted by atomic mass is 35.5. The first-order valence-corrected chi connectivity index (χ1v) is 11.8. The van der Waals surface area contributed by atoms with Crippen LogP contribution in [0.15, 0.2) is 71.8 Å². The van der Waals surface area contributed by atoms with E-state index in [2.05, 4.69) is 21.2 Å². The lowest BCUT2D eigenvalue weighted by molar-refractivity contribution is 0.0955. The summed E-state index contributed by atoms with van der Waals surface area (Å²) in [4.78, 5) is 12.5. The molecular formula is C27H25Cl2N3O2. The molecular weight excluding hydrogens is 469 g/mol. The van der Waals surface area contributed by atoms with Crippen LogP contribution >= 0.6 is 23.2 Å². The van der Waals surface area contributed by atoms with Gasteiger partial charge in [-0.25, -0.2) is 5.43 Å². The number of nitrogens with one attached hydrogen (secondary N) is 1. The van der Waals surface area contributed by atoms with Crippen LogP contribution in [0.2, 0.25) is 10.0 Å². The molecule has 34 heavy (non-hydrogen) atoms. The molecule has 0 atom stereocenters. The molecule has 5 nitrogen and oxygen atoms in total. The minimum absolute atomic E-state index is 0.282. The monoisotopic (exact) mass is 493 g/mol. The van der Waals surface area contributed by atoms with Gasteiger partial charge >= 0.3 is 0 Å². The van der Waals surface area contributed by atoms with Gasteiger partial charge in [0.1, 0.15) is 5.75 Å². The van der Waals surface area contributed by atoms with E-state index in [0.29, 0.717) is 28.8 Å². The fourth-order valence-corrected chi connectivity index (χ4v) is 4.11. The number of carbonyl (C=O) groups is 1. The molecule has 3 aromatic carbocycles. The highest BCUT2D eigenvalue weighted by Gasteiger charge is 2.13. The zero-order valence-corrected chi connectivity index (χ0v) is 20.5. The molecule has 0 saturated heterocycles. The number of para-hydroxylation sites is 1. The van der Waals surface area contributed by atoms with Crippen molar-refractivity contribution in [1.29, 1.82) is 0 Å². The van der Waals surface area contributed by atoms with Crippen LogP contribution in [0.5, 0.6) is 5.75 Å². The van der Waals surface area contributed by atoms with E-state index in [1.807, 2.05) is 44.2 Å². The number of rotatable bonds is 8. The van der Waals surface area contributed by atoms with E-state index < -0.39 is 0 Å². The Balaban J connectivity index is 1.54. The molecule has 0 aliphatic rings. The molecule has 1 amide bonds. The predicted molar refractivity (Wildman–Crippen MR) is 140 cm³/mol. The van der Waals surface area contributed by atoms with Gasteiger partial charge in [-0.15, -0.1) is 0 Å². The SMILES string of the molecule is CCCOc1ccc(C(=O)N/N=C/c2c(C)n(Cc3ccc(Cl)c(Cl)c3)c3ccccc23)cc1. The molecule has 0 aliphatic carbocycles. The van der Waals surface area contributed by atoms with Crippen LogP contribution in [-0.2, 0) is 6.54 Å². The first-order valence-electron chi connectivity index (χ1n) is 11.1. The van der Waals surface area contributed by atoms with Crippen molar-refractivity contribution < 1.29 is 9.53 Å². The van der Waals surface area contributed by atoms with Crippen molar-refractivity contribution in [2.75, 3.05) is 6.61 Å². The molecule has 1 N–H and O–H groups in total. The van der Waals surface area contributed by atoms with Gasteiger partial charge in [0, 0.05) is 34.3 Å². The Morgan fingerprint density at radius 1 is 1.06 bits per heavy atom. The Kier molecular flexibility index (Phi) is 7.56. The molecule has 4 rings (SSSR count). The summed E-state index contributed by atoms with van der Waals surface area (Å²) < 4.78 is 7.76. The second-order valence-corrected chi connectivity index (χ2v) is 8.74. The number of amides is 1. The molecule has 0 fully saturated rings. The second-order valence-electron chi connectivity index (χ2n) is 7.92. The number of benzene rings is 3. The Morgan fingerprint density at radius 2 is 1.82 bits per heavy atom. The first kappa shape index (κ1) is 23.9. The molecule has 0 radical (unpaired) electrons. The molecule has 0 bridgehead atoms. The van der Waals surface area contributed by atoms with E-state index in [1.54, 1.807) is 36.5 Å². The lowest BCUT2D eigenvalue weighted by atomic mass is 10.1. The van der Waals surface area contributed by atoms with Crippen LogP contribution < -0.4 is 10.2 Å². The third-order valence-corrected chi connectivity index (χ3v) is 6.29. The van der Waals surface area contributed by atoms with Crippen molar-refractivity contribution in [3.63, 3.8) is 0 Å². The number of nitrogens with zero attached hydrogens (tertiary/aromatic N) is 2. The van der Waals surface area contributed by atoms with Crippen molar-refractivity contribution in [3.8, 4) is 5.75 Å². The quantitative estimate of drug-likeness (QED) is 0.215. The number of ether oxygens (including phenoxy) is 1. The second kappa shape index (κ2) is 10.8. The highest BCUT2D eigenvalue weighted by molar-refractivity contribution is 6.42. The zero-order valence-electron chi connectivity index (χ0n) is 19.0. The van der Waals surface area contributed by atoms with Gasteiger partial charge in [0.2, 0.25) is 0 Å². The van der Waals surface area contributed by atoms with Crippen molar-refractivity contribution in [2.45, 2.75) is 26.8 Å². The predicted octanol–water partition coefficient (Wildman–Crippen LogP) is 6.86. The van der Waals surface area contributed by atoms with E-state index >= 15 is 0 Å². The van der Waals surface area contributed by atoms with Crippen LogP contribution in [0.3, 0.4) is 0 Å². The van der Waals surface area contributed by atoms with E-state index in [1.165, 1.54) is 0 Å². The summed E-state index contributed by atoms with van der Waals surface area (Å²) in [6, 6.07) is 20.8. The summed E-state index contributed by atoms with van der Waals surface area (Å²) in [7, 11) is 0. The number of hydrogen-bond acceptors (Lipinski definition) is 3. The summed E-state index contributed by atoms with van der Waals surface area (Å²) in [6.45, 7) is 5.37. The Bertz CT molecular complexity index is 1340. The third-order valence-electron chi connectivity index (χ3n) is 5.55. The average molecular weight is 494 g/mol. The molecule has 0 spiro atoms. The van der Waals surface area contributed by atoms with Crippen molar-refractivity contribution in [2.24, 2.45) is 5.10 Å². The minimum atomic E-state index is -0.282. The normalized spacial score (nSPS) is 11.3. The van der Waals surface area contributed by atoms with Gasteiger partial charge in [-0.2, -0.15) is 5.10 Å². The van der Waals surface area contributed by atoms with Gasteiger partial charge in [0.25, 0.3) is 5.91 Å². The number of fused-ring (bicyclic) bond motifs is 1. The maximum atomic E-state index is 12.5. The molecule has 4 aromatic rings. The molecule has 0 saturated carbocycles. The van der Waals surface area contributed by atoms with Gasteiger partial charge in [-0.05, 0) is 61.4 Å². The minimum Gasteiger partial charge on any atom is -0.494 e. The fraction of sp³-hybridized carbons (Fsp3) is 0.185. The molecule has 174 valence electrons. The summed E-state index contributed by atoms with van der Waals surface area (Å²) in [6.07, 6.45) is 2.62. The van der Waals surface area contributed by atoms with Gasteiger partial charge in [0.15, 0.2) is 0 Å². The average Bonchev–Trinajstić information content (AvgIpc) is 3.11. The van der Waals surface area contributed by atoms with Crippen LogP contribution in [0.1, 0.15) is 40.5 Å². The number of halogens is 2. The number of hydrogen-bond donors (Lipinski definition) is 1. The lowest BCUT2D eigenvalue weighted by Crippen LogP contribution is -2.17. The van der Waals surface area contributed by atoms with E-state index in [9.17, 15) is 4.79 Å².